The van der Waals surface area contributed by atoms with Gasteiger partial charge in [0.15, 0.2) is 0 Å². The number of urea groups is 1. The van der Waals surface area contributed by atoms with E-state index >= 15 is 0 Å². The minimum absolute atomic E-state index is 0.00630. The molecule has 0 aliphatic carbocycles. The summed E-state index contributed by atoms with van der Waals surface area (Å²) in [5.41, 5.74) is 1.99. The van der Waals surface area contributed by atoms with Crippen LogP contribution < -0.4 is 5.32 Å². The summed E-state index contributed by atoms with van der Waals surface area (Å²) in [5.74, 6) is 1.03. The highest BCUT2D eigenvalue weighted by Crippen LogP contribution is 2.24. The van der Waals surface area contributed by atoms with Gasteiger partial charge in [0, 0.05) is 18.0 Å². The molecule has 1 saturated heterocycles. The number of hydrogen-bond acceptors (Lipinski definition) is 2. The van der Waals surface area contributed by atoms with Crippen LogP contribution in [0.25, 0.3) is 0 Å². The molecular weight excluding hydrogens is 220 g/mol. The lowest BCUT2D eigenvalue weighted by Crippen LogP contribution is -2.36. The molecule has 1 aliphatic heterocycles. The van der Waals surface area contributed by atoms with Crippen molar-refractivity contribution in [3.05, 3.63) is 29.8 Å². The summed E-state index contributed by atoms with van der Waals surface area (Å²) < 4.78 is 0. The largest absolute Gasteiger partial charge is 0.322 e. The van der Waals surface area contributed by atoms with Crippen molar-refractivity contribution in [2.45, 2.75) is 19.2 Å². The summed E-state index contributed by atoms with van der Waals surface area (Å²) in [6.45, 7) is 4.90. The highest BCUT2D eigenvalue weighted by molar-refractivity contribution is 8.00. The molecule has 0 spiro atoms. The van der Waals surface area contributed by atoms with Gasteiger partial charge in [0.05, 0.1) is 5.37 Å². The number of aryl methyl sites for hydroxylation is 1. The predicted molar refractivity (Wildman–Crippen MR) is 68.8 cm³/mol. The third kappa shape index (κ3) is 2.32. The van der Waals surface area contributed by atoms with Gasteiger partial charge in [0.1, 0.15) is 0 Å². The molecule has 0 saturated carbocycles. The van der Waals surface area contributed by atoms with Crippen LogP contribution in [-0.2, 0) is 0 Å². The number of para-hydroxylation sites is 1. The zero-order valence-corrected chi connectivity index (χ0v) is 10.4. The van der Waals surface area contributed by atoms with E-state index in [0.29, 0.717) is 0 Å². The molecule has 0 radical (unpaired) electrons. The van der Waals surface area contributed by atoms with Crippen LogP contribution in [0.2, 0.25) is 0 Å². The zero-order valence-electron chi connectivity index (χ0n) is 9.56. The lowest BCUT2D eigenvalue weighted by Gasteiger charge is -2.21. The van der Waals surface area contributed by atoms with Crippen molar-refractivity contribution in [1.29, 1.82) is 0 Å². The quantitative estimate of drug-likeness (QED) is 0.813. The van der Waals surface area contributed by atoms with Gasteiger partial charge >= 0.3 is 6.03 Å². The molecule has 86 valence electrons. The Morgan fingerprint density at radius 3 is 2.88 bits per heavy atom. The van der Waals surface area contributed by atoms with E-state index in [1.165, 1.54) is 0 Å². The second kappa shape index (κ2) is 4.78. The number of anilines is 1. The van der Waals surface area contributed by atoms with Crippen LogP contribution >= 0.6 is 11.8 Å². The number of nitrogens with zero attached hydrogens (tertiary/aromatic N) is 1. The van der Waals surface area contributed by atoms with Gasteiger partial charge in [-0.05, 0) is 25.5 Å². The summed E-state index contributed by atoms with van der Waals surface area (Å²) >= 11 is 1.81. The van der Waals surface area contributed by atoms with Gasteiger partial charge < -0.3 is 10.2 Å². The molecule has 1 aliphatic rings. The number of rotatable bonds is 1. The first-order valence-corrected chi connectivity index (χ1v) is 6.48. The Morgan fingerprint density at radius 2 is 2.25 bits per heavy atom. The summed E-state index contributed by atoms with van der Waals surface area (Å²) in [5, 5.41) is 3.24. The third-order valence-corrected chi connectivity index (χ3v) is 3.93. The monoisotopic (exact) mass is 236 g/mol. The van der Waals surface area contributed by atoms with E-state index in [-0.39, 0.29) is 11.4 Å². The third-order valence-electron chi connectivity index (χ3n) is 2.78. The molecule has 0 bridgehead atoms. The Labute approximate surface area is 100 Å². The number of carbonyl (C=O) groups is 1. The lowest BCUT2D eigenvalue weighted by molar-refractivity contribution is 0.216. The van der Waals surface area contributed by atoms with Crippen LogP contribution in [0.4, 0.5) is 10.5 Å². The maximum atomic E-state index is 12.0. The molecule has 1 atom stereocenters. The molecule has 1 aromatic rings. The van der Waals surface area contributed by atoms with Crippen molar-refractivity contribution in [3.8, 4) is 0 Å². The topological polar surface area (TPSA) is 32.3 Å². The van der Waals surface area contributed by atoms with Crippen LogP contribution in [-0.4, -0.2) is 28.6 Å². The van der Waals surface area contributed by atoms with Crippen molar-refractivity contribution >= 4 is 23.5 Å². The van der Waals surface area contributed by atoms with Crippen molar-refractivity contribution < 1.29 is 4.79 Å². The average molecular weight is 236 g/mol. The Bertz CT molecular complexity index is 394. The Morgan fingerprint density at radius 1 is 1.50 bits per heavy atom. The molecule has 1 fully saturated rings. The van der Waals surface area contributed by atoms with Crippen LogP contribution in [0.1, 0.15) is 12.5 Å². The van der Waals surface area contributed by atoms with Gasteiger partial charge in [-0.15, -0.1) is 11.8 Å². The standard InChI is InChI=1S/C12H16N2OS/c1-9-5-3-4-6-11(9)13-12(15)14-7-8-16-10(14)2/h3-6,10H,7-8H2,1-2H3,(H,13,15). The molecule has 2 rings (SSSR count). The molecule has 1 N–H and O–H groups in total. The predicted octanol–water partition coefficient (Wildman–Crippen LogP) is 2.92. The van der Waals surface area contributed by atoms with Crippen LogP contribution in [0.15, 0.2) is 24.3 Å². The Hall–Kier alpha value is -1.16. The fourth-order valence-corrected chi connectivity index (χ4v) is 2.78. The minimum atomic E-state index is 0.00630. The van der Waals surface area contributed by atoms with Gasteiger partial charge in [-0.3, -0.25) is 0 Å². The van der Waals surface area contributed by atoms with Crippen molar-refractivity contribution in [2.75, 3.05) is 17.6 Å². The van der Waals surface area contributed by atoms with Crippen molar-refractivity contribution in [2.24, 2.45) is 0 Å². The normalized spacial score (nSPS) is 19.9. The minimum Gasteiger partial charge on any atom is -0.312 e. The molecule has 1 unspecified atom stereocenters. The van der Waals surface area contributed by atoms with E-state index in [4.69, 9.17) is 0 Å². The first-order chi connectivity index (χ1) is 7.68. The maximum Gasteiger partial charge on any atom is 0.322 e. The van der Waals surface area contributed by atoms with E-state index in [2.05, 4.69) is 12.2 Å². The number of benzene rings is 1. The number of hydrogen-bond donors (Lipinski definition) is 1. The second-order valence-corrected chi connectivity index (χ2v) is 5.33. The number of amides is 2. The van der Waals surface area contributed by atoms with Gasteiger partial charge in [0.2, 0.25) is 0 Å². The molecule has 1 aromatic carbocycles. The van der Waals surface area contributed by atoms with Gasteiger partial charge in [-0.25, -0.2) is 4.79 Å². The summed E-state index contributed by atoms with van der Waals surface area (Å²) in [7, 11) is 0. The first-order valence-electron chi connectivity index (χ1n) is 5.43. The Kier molecular flexibility index (Phi) is 3.39. The average Bonchev–Trinajstić information content (AvgIpc) is 2.68. The highest BCUT2D eigenvalue weighted by atomic mass is 32.2. The molecule has 0 aromatic heterocycles. The van der Waals surface area contributed by atoms with Gasteiger partial charge in [0.25, 0.3) is 0 Å². The highest BCUT2D eigenvalue weighted by Gasteiger charge is 2.25. The van der Waals surface area contributed by atoms with Crippen LogP contribution in [0.3, 0.4) is 0 Å². The van der Waals surface area contributed by atoms with Gasteiger partial charge in [-0.1, -0.05) is 18.2 Å². The molecule has 16 heavy (non-hydrogen) atoms. The molecule has 2 amide bonds. The fourth-order valence-electron chi connectivity index (χ4n) is 1.76. The smallest absolute Gasteiger partial charge is 0.312 e. The van der Waals surface area contributed by atoms with E-state index < -0.39 is 0 Å². The van der Waals surface area contributed by atoms with E-state index in [1.54, 1.807) is 0 Å². The van der Waals surface area contributed by atoms with Crippen LogP contribution in [0.5, 0.6) is 0 Å². The van der Waals surface area contributed by atoms with Crippen molar-refractivity contribution in [1.82, 2.24) is 4.90 Å². The number of nitrogens with one attached hydrogen (secondary N) is 1. The fraction of sp³-hybridized carbons (Fsp3) is 0.417. The van der Waals surface area contributed by atoms with E-state index in [1.807, 2.05) is 47.9 Å². The van der Waals surface area contributed by atoms with Gasteiger partial charge in [-0.2, -0.15) is 0 Å². The maximum absolute atomic E-state index is 12.0. The molecule has 1 heterocycles. The number of thioether (sulfide) groups is 1. The molecule has 3 nitrogen and oxygen atoms in total. The Balaban J connectivity index is 2.05. The summed E-state index contributed by atoms with van der Waals surface area (Å²) in [6, 6.07) is 7.84. The first kappa shape index (κ1) is 11.3. The van der Waals surface area contributed by atoms with Crippen LogP contribution in [0, 0.1) is 6.92 Å². The molecule has 4 heteroatoms. The van der Waals surface area contributed by atoms with E-state index in [0.717, 1.165) is 23.5 Å². The molecular formula is C12H16N2OS. The zero-order chi connectivity index (χ0) is 11.5. The second-order valence-electron chi connectivity index (χ2n) is 3.91. The summed E-state index contributed by atoms with van der Waals surface area (Å²) in [4.78, 5) is 13.9. The van der Waals surface area contributed by atoms with Crippen molar-refractivity contribution in [3.63, 3.8) is 0 Å². The SMILES string of the molecule is Cc1ccccc1NC(=O)N1CCSC1C. The number of carbonyl (C=O) groups excluding carboxylic acids is 1. The van der Waals surface area contributed by atoms with E-state index in [9.17, 15) is 4.79 Å². The lowest BCUT2D eigenvalue weighted by atomic mass is 10.2. The summed E-state index contributed by atoms with van der Waals surface area (Å²) in [6.07, 6.45) is 0.